The molecule has 0 bridgehead atoms. The molecule has 0 aliphatic carbocycles. The fraction of sp³-hybridized carbons (Fsp3) is 0.250. The molecule has 1 aromatic carbocycles. The van der Waals surface area contributed by atoms with Gasteiger partial charge in [-0.1, -0.05) is 12.1 Å². The van der Waals surface area contributed by atoms with Gasteiger partial charge in [0.2, 0.25) is 0 Å². The van der Waals surface area contributed by atoms with E-state index in [4.69, 9.17) is 4.42 Å². The summed E-state index contributed by atoms with van der Waals surface area (Å²) in [4.78, 5) is 5.51. The summed E-state index contributed by atoms with van der Waals surface area (Å²) in [5.74, 6) is 0.831. The van der Waals surface area contributed by atoms with Crippen molar-refractivity contribution < 1.29 is 4.42 Å². The number of benzene rings is 1. The van der Waals surface area contributed by atoms with Crippen LogP contribution in [-0.2, 0) is 0 Å². The molecule has 16 heavy (non-hydrogen) atoms. The number of hydrogen-bond donors (Lipinski definition) is 1. The maximum absolute atomic E-state index is 5.59. The van der Waals surface area contributed by atoms with Crippen molar-refractivity contribution in [2.45, 2.75) is 11.8 Å². The zero-order chi connectivity index (χ0) is 11.5. The Kier molecular flexibility index (Phi) is 3.19. The van der Waals surface area contributed by atoms with Crippen molar-refractivity contribution in [3.05, 3.63) is 30.0 Å². The van der Waals surface area contributed by atoms with Gasteiger partial charge in [0.1, 0.15) is 0 Å². The molecule has 0 unspecified atom stereocenters. The third-order valence-corrected chi connectivity index (χ3v) is 3.11. The minimum atomic E-state index is 0.557. The normalized spacial score (nSPS) is 10.4. The predicted octanol–water partition coefficient (Wildman–Crippen LogP) is 3.41. The van der Waals surface area contributed by atoms with E-state index in [1.807, 2.05) is 6.92 Å². The summed E-state index contributed by atoms with van der Waals surface area (Å²) in [7, 11) is 1.80. The Hall–Kier alpha value is -1.42. The molecule has 2 aromatic rings. The lowest BCUT2D eigenvalue weighted by Gasteiger charge is -1.99. The fourth-order valence-corrected chi connectivity index (χ4v) is 1.92. The Morgan fingerprint density at radius 3 is 2.44 bits per heavy atom. The lowest BCUT2D eigenvalue weighted by Crippen LogP contribution is -1.85. The minimum absolute atomic E-state index is 0.557. The number of aromatic nitrogens is 1. The maximum atomic E-state index is 5.59. The summed E-state index contributed by atoms with van der Waals surface area (Å²) in [5, 5.41) is 2.90. The quantitative estimate of drug-likeness (QED) is 0.826. The van der Waals surface area contributed by atoms with Crippen molar-refractivity contribution in [1.29, 1.82) is 0 Å². The zero-order valence-electron chi connectivity index (χ0n) is 9.57. The van der Waals surface area contributed by atoms with Gasteiger partial charge in [-0.25, -0.2) is 0 Å². The van der Waals surface area contributed by atoms with Crippen LogP contribution in [0.25, 0.3) is 11.3 Å². The number of nitrogens with one attached hydrogen (secondary N) is 1. The molecule has 4 heteroatoms. The second kappa shape index (κ2) is 4.61. The lowest BCUT2D eigenvalue weighted by atomic mass is 10.1. The summed E-state index contributed by atoms with van der Waals surface area (Å²) in [6.45, 7) is 1.95. The standard InChI is InChI=1S/C12H14N2OS/c1-8-11(15-12(13-2)14-8)9-4-6-10(16-3)7-5-9/h4-7H,1-3H3,(H,13,14). The zero-order valence-corrected chi connectivity index (χ0v) is 10.4. The van der Waals surface area contributed by atoms with Crippen LogP contribution < -0.4 is 5.32 Å². The maximum Gasteiger partial charge on any atom is 0.295 e. The molecule has 0 saturated carbocycles. The largest absolute Gasteiger partial charge is 0.423 e. The van der Waals surface area contributed by atoms with Crippen LogP contribution >= 0.6 is 11.8 Å². The average Bonchev–Trinajstić information content (AvgIpc) is 2.71. The summed E-state index contributed by atoms with van der Waals surface area (Å²) in [6.07, 6.45) is 2.06. The number of hydrogen-bond acceptors (Lipinski definition) is 4. The highest BCUT2D eigenvalue weighted by Crippen LogP contribution is 2.27. The van der Waals surface area contributed by atoms with Gasteiger partial charge in [0, 0.05) is 17.5 Å². The van der Waals surface area contributed by atoms with Crippen LogP contribution in [0.4, 0.5) is 6.01 Å². The SMILES string of the molecule is CNc1nc(C)c(-c2ccc(SC)cc2)o1. The molecule has 1 aromatic heterocycles. The first-order valence-electron chi connectivity index (χ1n) is 5.04. The number of nitrogens with zero attached hydrogens (tertiary/aromatic N) is 1. The number of aryl methyl sites for hydroxylation is 1. The van der Waals surface area contributed by atoms with Crippen molar-refractivity contribution >= 4 is 17.8 Å². The Labute approximate surface area is 99.3 Å². The Morgan fingerprint density at radius 2 is 1.94 bits per heavy atom. The molecule has 0 aliphatic heterocycles. The van der Waals surface area contributed by atoms with E-state index in [0.717, 1.165) is 17.0 Å². The monoisotopic (exact) mass is 234 g/mol. The number of oxazole rings is 1. The van der Waals surface area contributed by atoms with Crippen LogP contribution in [0.3, 0.4) is 0 Å². The van der Waals surface area contributed by atoms with Crippen molar-refractivity contribution in [3.63, 3.8) is 0 Å². The Bertz CT molecular complexity index is 476. The summed E-state index contributed by atoms with van der Waals surface area (Å²) >= 11 is 1.73. The Balaban J connectivity index is 2.38. The van der Waals surface area contributed by atoms with Gasteiger partial charge in [-0.2, -0.15) is 4.98 Å². The first-order valence-corrected chi connectivity index (χ1v) is 6.26. The Morgan fingerprint density at radius 1 is 1.25 bits per heavy atom. The van der Waals surface area contributed by atoms with Gasteiger partial charge in [-0.05, 0) is 25.3 Å². The first-order chi connectivity index (χ1) is 7.74. The number of thioether (sulfide) groups is 1. The molecule has 1 heterocycles. The van der Waals surface area contributed by atoms with Crippen molar-refractivity contribution in [3.8, 4) is 11.3 Å². The highest BCUT2D eigenvalue weighted by Gasteiger charge is 2.10. The van der Waals surface area contributed by atoms with E-state index in [0.29, 0.717) is 6.01 Å². The molecule has 0 atom stereocenters. The summed E-state index contributed by atoms with van der Waals surface area (Å²) < 4.78 is 5.59. The highest BCUT2D eigenvalue weighted by atomic mass is 32.2. The smallest absolute Gasteiger partial charge is 0.295 e. The van der Waals surface area contributed by atoms with Crippen LogP contribution in [0.15, 0.2) is 33.6 Å². The highest BCUT2D eigenvalue weighted by molar-refractivity contribution is 7.98. The van der Waals surface area contributed by atoms with Crippen molar-refractivity contribution in [1.82, 2.24) is 4.98 Å². The van der Waals surface area contributed by atoms with Crippen molar-refractivity contribution in [2.24, 2.45) is 0 Å². The van der Waals surface area contributed by atoms with Gasteiger partial charge >= 0.3 is 0 Å². The fourth-order valence-electron chi connectivity index (χ4n) is 1.51. The van der Waals surface area contributed by atoms with E-state index in [1.165, 1.54) is 4.90 Å². The molecule has 0 fully saturated rings. The van der Waals surface area contributed by atoms with E-state index >= 15 is 0 Å². The predicted molar refractivity (Wildman–Crippen MR) is 68.0 cm³/mol. The van der Waals surface area contributed by atoms with Gasteiger partial charge in [-0.15, -0.1) is 11.8 Å². The number of rotatable bonds is 3. The molecule has 0 aliphatic rings. The van der Waals surface area contributed by atoms with E-state index in [9.17, 15) is 0 Å². The van der Waals surface area contributed by atoms with Gasteiger partial charge in [0.05, 0.1) is 5.69 Å². The molecule has 0 amide bonds. The van der Waals surface area contributed by atoms with Crippen molar-refractivity contribution in [2.75, 3.05) is 18.6 Å². The number of anilines is 1. The second-order valence-electron chi connectivity index (χ2n) is 3.41. The molecule has 0 spiro atoms. The molecule has 2 rings (SSSR count). The van der Waals surface area contributed by atoms with Crippen LogP contribution in [0.5, 0.6) is 0 Å². The lowest BCUT2D eigenvalue weighted by molar-refractivity contribution is 0.589. The van der Waals surface area contributed by atoms with Crippen LogP contribution in [-0.4, -0.2) is 18.3 Å². The molecule has 84 valence electrons. The molecule has 1 N–H and O–H groups in total. The van der Waals surface area contributed by atoms with Gasteiger partial charge in [-0.3, -0.25) is 0 Å². The average molecular weight is 234 g/mol. The summed E-state index contributed by atoms with van der Waals surface area (Å²) in [6, 6.07) is 8.83. The molecule has 0 radical (unpaired) electrons. The third kappa shape index (κ3) is 2.07. The van der Waals surface area contributed by atoms with Crippen LogP contribution in [0.1, 0.15) is 5.69 Å². The minimum Gasteiger partial charge on any atom is -0.423 e. The summed E-state index contributed by atoms with van der Waals surface area (Å²) in [5.41, 5.74) is 1.96. The molecular formula is C12H14N2OS. The van der Waals surface area contributed by atoms with E-state index < -0.39 is 0 Å². The van der Waals surface area contributed by atoms with Gasteiger partial charge in [0.15, 0.2) is 5.76 Å². The topological polar surface area (TPSA) is 38.1 Å². The van der Waals surface area contributed by atoms with Crippen LogP contribution in [0.2, 0.25) is 0 Å². The second-order valence-corrected chi connectivity index (χ2v) is 4.29. The molecule has 3 nitrogen and oxygen atoms in total. The van der Waals surface area contributed by atoms with Gasteiger partial charge in [0.25, 0.3) is 6.01 Å². The molecular weight excluding hydrogens is 220 g/mol. The third-order valence-electron chi connectivity index (χ3n) is 2.36. The van der Waals surface area contributed by atoms with E-state index in [-0.39, 0.29) is 0 Å². The first kappa shape index (κ1) is 11.1. The molecule has 0 saturated heterocycles. The van der Waals surface area contributed by atoms with Gasteiger partial charge < -0.3 is 9.73 Å². The van der Waals surface area contributed by atoms with Crippen LogP contribution in [0, 0.1) is 6.92 Å². The van der Waals surface area contributed by atoms with E-state index in [1.54, 1.807) is 18.8 Å². The van der Waals surface area contributed by atoms with E-state index in [2.05, 4.69) is 40.8 Å².